The zero-order chi connectivity index (χ0) is 20.3. The minimum atomic E-state index is -0.741. The maximum Gasteiger partial charge on any atom is 0.335 e. The van der Waals surface area contributed by atoms with Crippen molar-refractivity contribution in [2.45, 2.75) is 20.8 Å². The number of nitrogens with one attached hydrogen (secondary N) is 1. The summed E-state index contributed by atoms with van der Waals surface area (Å²) in [6.45, 7) is 7.83. The van der Waals surface area contributed by atoms with Crippen molar-refractivity contribution in [2.75, 3.05) is 22.9 Å². The van der Waals surface area contributed by atoms with Crippen LogP contribution in [0, 0.1) is 6.92 Å². The van der Waals surface area contributed by atoms with Gasteiger partial charge in [0.25, 0.3) is 11.8 Å². The summed E-state index contributed by atoms with van der Waals surface area (Å²) >= 11 is 0. The number of carbonyl (C=O) groups excluding carboxylic acids is 3. The van der Waals surface area contributed by atoms with Crippen LogP contribution in [0.25, 0.3) is 6.08 Å². The van der Waals surface area contributed by atoms with Crippen LogP contribution >= 0.6 is 0 Å². The van der Waals surface area contributed by atoms with Crippen molar-refractivity contribution >= 4 is 35.3 Å². The Hall–Kier alpha value is -3.41. The molecule has 6 nitrogen and oxygen atoms in total. The molecule has 6 heteroatoms. The van der Waals surface area contributed by atoms with E-state index in [-0.39, 0.29) is 5.57 Å². The van der Waals surface area contributed by atoms with Crippen molar-refractivity contribution in [2.24, 2.45) is 0 Å². The molecule has 0 unspecified atom stereocenters. The van der Waals surface area contributed by atoms with E-state index in [1.54, 1.807) is 18.2 Å². The first-order valence-electron chi connectivity index (χ1n) is 9.27. The molecule has 4 amide bonds. The molecule has 0 radical (unpaired) electrons. The van der Waals surface area contributed by atoms with E-state index in [4.69, 9.17) is 0 Å². The molecule has 0 atom stereocenters. The van der Waals surface area contributed by atoms with E-state index in [1.807, 2.05) is 37.3 Å². The van der Waals surface area contributed by atoms with Gasteiger partial charge in [0.15, 0.2) is 0 Å². The van der Waals surface area contributed by atoms with Crippen LogP contribution in [0.15, 0.2) is 54.1 Å². The average molecular weight is 377 g/mol. The number of benzene rings is 2. The Balaban J connectivity index is 1.93. The van der Waals surface area contributed by atoms with Gasteiger partial charge in [0.05, 0.1) is 5.69 Å². The number of rotatable bonds is 5. The van der Waals surface area contributed by atoms with E-state index < -0.39 is 17.8 Å². The third kappa shape index (κ3) is 3.81. The van der Waals surface area contributed by atoms with Crippen molar-refractivity contribution < 1.29 is 14.4 Å². The summed E-state index contributed by atoms with van der Waals surface area (Å²) < 4.78 is 0. The van der Waals surface area contributed by atoms with Gasteiger partial charge < -0.3 is 4.90 Å². The Kier molecular flexibility index (Phi) is 5.59. The quantitative estimate of drug-likeness (QED) is 0.639. The summed E-state index contributed by atoms with van der Waals surface area (Å²) in [7, 11) is 0. The Morgan fingerprint density at radius 3 is 2.29 bits per heavy atom. The molecule has 1 heterocycles. The van der Waals surface area contributed by atoms with E-state index >= 15 is 0 Å². The first kappa shape index (κ1) is 19.4. The second-order valence-corrected chi connectivity index (χ2v) is 6.56. The molecule has 2 aromatic carbocycles. The van der Waals surface area contributed by atoms with Crippen LogP contribution in [0.4, 0.5) is 16.2 Å². The first-order valence-corrected chi connectivity index (χ1v) is 9.27. The van der Waals surface area contributed by atoms with Crippen LogP contribution in [0.1, 0.15) is 25.0 Å². The second-order valence-electron chi connectivity index (χ2n) is 6.56. The van der Waals surface area contributed by atoms with Gasteiger partial charge in [-0.2, -0.15) is 0 Å². The van der Waals surface area contributed by atoms with E-state index in [2.05, 4.69) is 24.1 Å². The summed E-state index contributed by atoms with van der Waals surface area (Å²) in [4.78, 5) is 40.6. The molecule has 144 valence electrons. The lowest BCUT2D eigenvalue weighted by Gasteiger charge is -2.26. The minimum Gasteiger partial charge on any atom is -0.372 e. The maximum absolute atomic E-state index is 12.9. The number of hydrogen-bond donors (Lipinski definition) is 1. The van der Waals surface area contributed by atoms with Crippen LogP contribution < -0.4 is 15.1 Å². The van der Waals surface area contributed by atoms with Gasteiger partial charge in [-0.1, -0.05) is 24.3 Å². The number of hydrogen-bond acceptors (Lipinski definition) is 4. The SMILES string of the molecule is CCN(CC)c1ccc(/C=C2\C(=O)NC(=O)N(c3cccc(C)c3)C2=O)cc1. The number of amides is 4. The van der Waals surface area contributed by atoms with Crippen LogP contribution in [0.3, 0.4) is 0 Å². The Bertz CT molecular complexity index is 944. The second kappa shape index (κ2) is 8.08. The van der Waals surface area contributed by atoms with Crippen LogP contribution in [-0.4, -0.2) is 30.9 Å². The minimum absolute atomic E-state index is 0.0725. The fraction of sp³-hybridized carbons (Fsp3) is 0.227. The number of imide groups is 2. The highest BCUT2D eigenvalue weighted by atomic mass is 16.2. The number of carbonyl (C=O) groups is 3. The molecule has 1 saturated heterocycles. The van der Waals surface area contributed by atoms with Gasteiger partial charge in [-0.15, -0.1) is 0 Å². The smallest absolute Gasteiger partial charge is 0.335 e. The van der Waals surface area contributed by atoms with Crippen molar-refractivity contribution in [3.63, 3.8) is 0 Å². The molecule has 1 fully saturated rings. The number of urea groups is 1. The molecule has 1 aliphatic rings. The first-order chi connectivity index (χ1) is 13.4. The summed E-state index contributed by atoms with van der Waals surface area (Å²) in [6.07, 6.45) is 1.51. The molecule has 1 N–H and O–H groups in total. The lowest BCUT2D eigenvalue weighted by molar-refractivity contribution is -0.122. The van der Waals surface area contributed by atoms with E-state index in [0.29, 0.717) is 11.3 Å². The average Bonchev–Trinajstić information content (AvgIpc) is 2.67. The molecule has 3 rings (SSSR count). The normalized spacial score (nSPS) is 15.8. The summed E-state index contributed by atoms with van der Waals surface area (Å²) in [5, 5.41) is 2.25. The summed E-state index contributed by atoms with van der Waals surface area (Å²) in [5.41, 5.74) is 3.05. The lowest BCUT2D eigenvalue weighted by Crippen LogP contribution is -2.54. The lowest BCUT2D eigenvalue weighted by atomic mass is 10.1. The molecule has 1 aliphatic heterocycles. The highest BCUT2D eigenvalue weighted by molar-refractivity contribution is 6.39. The standard InChI is InChI=1S/C22H23N3O3/c1-4-24(5-2)17-11-9-16(10-12-17)14-19-20(26)23-22(28)25(21(19)27)18-8-6-7-15(3)13-18/h6-14H,4-5H2,1-3H3,(H,23,26,28)/b19-14+. The molecular weight excluding hydrogens is 354 g/mol. The zero-order valence-electron chi connectivity index (χ0n) is 16.2. The van der Waals surface area contributed by atoms with Crippen molar-refractivity contribution in [1.29, 1.82) is 0 Å². The van der Waals surface area contributed by atoms with Gasteiger partial charge in [0.1, 0.15) is 5.57 Å². The van der Waals surface area contributed by atoms with Gasteiger partial charge in [-0.25, -0.2) is 9.69 Å². The van der Waals surface area contributed by atoms with Gasteiger partial charge >= 0.3 is 6.03 Å². The number of nitrogens with zero attached hydrogens (tertiary/aromatic N) is 2. The van der Waals surface area contributed by atoms with Crippen molar-refractivity contribution in [3.05, 3.63) is 65.2 Å². The van der Waals surface area contributed by atoms with E-state index in [0.717, 1.165) is 29.2 Å². The molecule has 0 bridgehead atoms. The summed E-state index contributed by atoms with van der Waals surface area (Å²) in [6, 6.07) is 13.9. The molecule has 0 saturated carbocycles. The van der Waals surface area contributed by atoms with E-state index in [9.17, 15) is 14.4 Å². The molecule has 28 heavy (non-hydrogen) atoms. The maximum atomic E-state index is 12.9. The largest absolute Gasteiger partial charge is 0.372 e. The third-order valence-corrected chi connectivity index (χ3v) is 4.69. The van der Waals surface area contributed by atoms with Crippen LogP contribution in [0.2, 0.25) is 0 Å². The number of anilines is 2. The monoisotopic (exact) mass is 377 g/mol. The molecule has 0 aliphatic carbocycles. The fourth-order valence-corrected chi connectivity index (χ4v) is 3.20. The predicted molar refractivity (Wildman–Crippen MR) is 110 cm³/mol. The van der Waals surface area contributed by atoms with E-state index in [1.165, 1.54) is 6.08 Å². The van der Waals surface area contributed by atoms with Crippen molar-refractivity contribution in [3.8, 4) is 0 Å². The fourth-order valence-electron chi connectivity index (χ4n) is 3.20. The van der Waals surface area contributed by atoms with Gasteiger partial charge in [-0.3, -0.25) is 14.9 Å². The Morgan fingerprint density at radius 1 is 1.00 bits per heavy atom. The highest BCUT2D eigenvalue weighted by Gasteiger charge is 2.36. The molecule has 0 spiro atoms. The molecular formula is C22H23N3O3. The van der Waals surface area contributed by atoms with Gasteiger partial charge in [0.2, 0.25) is 0 Å². The zero-order valence-corrected chi connectivity index (χ0v) is 16.2. The molecule has 0 aromatic heterocycles. The predicted octanol–water partition coefficient (Wildman–Crippen LogP) is 3.51. The topological polar surface area (TPSA) is 69.7 Å². The third-order valence-electron chi connectivity index (χ3n) is 4.69. The van der Waals surface area contributed by atoms with Gasteiger partial charge in [0, 0.05) is 18.8 Å². The Labute approximate surface area is 164 Å². The van der Waals surface area contributed by atoms with Crippen LogP contribution in [0.5, 0.6) is 0 Å². The van der Waals surface area contributed by atoms with Gasteiger partial charge in [-0.05, 0) is 62.2 Å². The summed E-state index contributed by atoms with van der Waals surface area (Å²) in [5.74, 6) is -1.32. The van der Waals surface area contributed by atoms with Crippen LogP contribution in [-0.2, 0) is 9.59 Å². The Morgan fingerprint density at radius 2 is 1.68 bits per heavy atom. The number of aryl methyl sites for hydroxylation is 1. The van der Waals surface area contributed by atoms with Crippen molar-refractivity contribution in [1.82, 2.24) is 5.32 Å². The highest BCUT2D eigenvalue weighted by Crippen LogP contribution is 2.23. The molecule has 2 aromatic rings. The number of barbiturate groups is 1.